The van der Waals surface area contributed by atoms with Gasteiger partial charge in [0.15, 0.2) is 0 Å². The Balaban J connectivity index is 3.21. The Morgan fingerprint density at radius 3 is 1.58 bits per heavy atom. The van der Waals surface area contributed by atoms with Gasteiger partial charge in [0.2, 0.25) is 0 Å². The van der Waals surface area contributed by atoms with E-state index in [0.29, 0.717) is 0 Å². The molecular weight excluding hydrogens is 335 g/mol. The molecule has 0 aliphatic carbocycles. The minimum absolute atomic E-state index is 0.854. The zero-order valence-electron chi connectivity index (χ0n) is 6.46. The van der Waals surface area contributed by atoms with Crippen LogP contribution in [0.5, 0.6) is 0 Å². The number of nitrogens with one attached hydrogen (secondary N) is 2. The monoisotopic (exact) mass is 338 g/mol. The average molecular weight is 341 g/mol. The second-order valence-electron chi connectivity index (χ2n) is 1.72. The van der Waals surface area contributed by atoms with Crippen molar-refractivity contribution in [2.45, 2.75) is 0 Å². The molecule has 0 unspecified atom stereocenters. The van der Waals surface area contributed by atoms with E-state index in [1.807, 2.05) is 0 Å². The van der Waals surface area contributed by atoms with Gasteiger partial charge in [-0.15, -0.1) is 0 Å². The molecule has 0 rings (SSSR count). The van der Waals surface area contributed by atoms with Gasteiger partial charge in [-0.25, -0.2) is 0 Å². The zero-order chi connectivity index (χ0) is 9.40. The van der Waals surface area contributed by atoms with E-state index in [9.17, 15) is 0 Å². The second-order valence-corrected chi connectivity index (χ2v) is 8.08. The SMILES string of the molecule is S=C(NCCNC(=S)[S][Zn])[S][Zn]. The fourth-order valence-electron chi connectivity index (χ4n) is 0.431. The van der Waals surface area contributed by atoms with Gasteiger partial charge in [-0.3, -0.25) is 0 Å². The number of hydrogen-bond donors (Lipinski definition) is 2. The summed E-state index contributed by atoms with van der Waals surface area (Å²) in [6, 6.07) is 0. The third kappa shape index (κ3) is 8.33. The molecular formula is C4H6N2S4Zn2. The topological polar surface area (TPSA) is 24.1 Å². The molecule has 8 heteroatoms. The van der Waals surface area contributed by atoms with Crippen molar-refractivity contribution in [1.29, 1.82) is 0 Å². The average Bonchev–Trinajstić information content (AvgIpc) is 2.11. The van der Waals surface area contributed by atoms with Crippen molar-refractivity contribution in [2.24, 2.45) is 0 Å². The molecule has 0 amide bonds. The van der Waals surface area contributed by atoms with Crippen LogP contribution < -0.4 is 10.6 Å². The van der Waals surface area contributed by atoms with Gasteiger partial charge in [0.1, 0.15) is 0 Å². The minimum atomic E-state index is 0.854. The number of thiocarbonyl (C=S) groups is 2. The van der Waals surface area contributed by atoms with E-state index in [1.54, 1.807) is 19.5 Å². The molecule has 0 saturated carbocycles. The quantitative estimate of drug-likeness (QED) is 0.454. The number of rotatable bonds is 3. The molecule has 60 valence electrons. The summed E-state index contributed by atoms with van der Waals surface area (Å²) in [7, 11) is 3.35. The van der Waals surface area contributed by atoms with Gasteiger partial charge in [0.05, 0.1) is 0 Å². The van der Waals surface area contributed by atoms with Crippen molar-refractivity contribution >= 4 is 52.6 Å². The van der Waals surface area contributed by atoms with Crippen LogP contribution in [0.3, 0.4) is 0 Å². The first-order valence-corrected chi connectivity index (χ1v) is 13.2. The van der Waals surface area contributed by atoms with Crippen LogP contribution >= 0.6 is 43.9 Å². The molecule has 0 aromatic rings. The van der Waals surface area contributed by atoms with Crippen molar-refractivity contribution in [3.05, 3.63) is 0 Å². The van der Waals surface area contributed by atoms with Gasteiger partial charge in [0, 0.05) is 0 Å². The summed E-state index contributed by atoms with van der Waals surface area (Å²) in [6.07, 6.45) is 0. The first-order valence-electron chi connectivity index (χ1n) is 3.10. The summed E-state index contributed by atoms with van der Waals surface area (Å²) in [6.45, 7) is 1.71. The zero-order valence-corrected chi connectivity index (χ0v) is 15.7. The van der Waals surface area contributed by atoms with E-state index in [2.05, 4.69) is 10.6 Å². The van der Waals surface area contributed by atoms with Gasteiger partial charge >= 0.3 is 110 Å². The molecule has 0 aliphatic rings. The molecule has 0 heterocycles. The van der Waals surface area contributed by atoms with Crippen LogP contribution in [0.2, 0.25) is 0 Å². The van der Waals surface area contributed by atoms with Gasteiger partial charge < -0.3 is 0 Å². The van der Waals surface area contributed by atoms with Gasteiger partial charge in [-0.05, 0) is 0 Å². The van der Waals surface area contributed by atoms with Gasteiger partial charge in [-0.2, -0.15) is 0 Å². The Hall–Kier alpha value is 1.73. The molecule has 2 N–H and O–H groups in total. The maximum atomic E-state index is 4.99. The van der Waals surface area contributed by atoms with Crippen LogP contribution in [0.15, 0.2) is 0 Å². The van der Waals surface area contributed by atoms with E-state index >= 15 is 0 Å². The third-order valence-corrected chi connectivity index (χ3v) is 9.00. The first kappa shape index (κ1) is 13.7. The van der Waals surface area contributed by atoms with E-state index in [0.717, 1.165) is 55.9 Å². The first-order chi connectivity index (χ1) is 5.70. The Labute approximate surface area is 109 Å². The van der Waals surface area contributed by atoms with Crippen LogP contribution in [0.1, 0.15) is 0 Å². The predicted octanol–water partition coefficient (Wildman–Crippen LogP) is 1.13. The molecule has 0 spiro atoms. The normalized spacial score (nSPS) is 9.33. The third-order valence-electron chi connectivity index (χ3n) is 0.926. The van der Waals surface area contributed by atoms with Crippen molar-refractivity contribution in [3.8, 4) is 0 Å². The van der Waals surface area contributed by atoms with Gasteiger partial charge in [-0.1, -0.05) is 0 Å². The molecule has 0 aromatic carbocycles. The summed E-state index contributed by atoms with van der Waals surface area (Å²) >= 11 is 12.3. The molecule has 0 atom stereocenters. The molecule has 0 saturated heterocycles. The summed E-state index contributed by atoms with van der Waals surface area (Å²) < 4.78 is 1.78. The standard InChI is InChI=1S/C4H8N2S4.2Zn/c7-3(8)5-1-2-6-4(9)10;;/h1-2H2,(H2,5,7,8)(H2,6,9,10);;/q;2*+1/p-2. The van der Waals surface area contributed by atoms with Crippen LogP contribution in [-0.2, 0) is 34.2 Å². The van der Waals surface area contributed by atoms with Crippen molar-refractivity contribution in [1.82, 2.24) is 10.6 Å². The second kappa shape index (κ2) is 9.29. The molecule has 0 fully saturated rings. The summed E-state index contributed by atoms with van der Waals surface area (Å²) in [5, 5.41) is 6.23. The van der Waals surface area contributed by atoms with E-state index < -0.39 is 0 Å². The van der Waals surface area contributed by atoms with Crippen molar-refractivity contribution < 1.29 is 34.2 Å². The van der Waals surface area contributed by atoms with Crippen molar-refractivity contribution in [3.63, 3.8) is 0 Å². The fourth-order valence-corrected chi connectivity index (χ4v) is 2.33. The van der Waals surface area contributed by atoms with Crippen molar-refractivity contribution in [2.75, 3.05) is 13.1 Å². The van der Waals surface area contributed by atoms with E-state index in [1.165, 1.54) is 0 Å². The molecule has 0 aliphatic heterocycles. The molecule has 0 radical (unpaired) electrons. The molecule has 2 nitrogen and oxygen atoms in total. The predicted molar refractivity (Wildman–Crippen MR) is 56.4 cm³/mol. The molecule has 12 heavy (non-hydrogen) atoms. The summed E-state index contributed by atoms with van der Waals surface area (Å²) in [4.78, 5) is 0. The van der Waals surface area contributed by atoms with Gasteiger partial charge in [0.25, 0.3) is 0 Å². The fraction of sp³-hybridized carbons (Fsp3) is 0.500. The van der Waals surface area contributed by atoms with Crippen LogP contribution in [0.4, 0.5) is 0 Å². The Morgan fingerprint density at radius 2 is 1.33 bits per heavy atom. The van der Waals surface area contributed by atoms with E-state index in [4.69, 9.17) is 24.4 Å². The summed E-state index contributed by atoms with van der Waals surface area (Å²) in [5.74, 6) is 0. The summed E-state index contributed by atoms with van der Waals surface area (Å²) in [5.41, 5.74) is 0. The maximum absolute atomic E-state index is 4.99. The Morgan fingerprint density at radius 1 is 1.00 bits per heavy atom. The molecule has 0 aromatic heterocycles. The Kier molecular flexibility index (Phi) is 10.6. The number of hydrogen-bond acceptors (Lipinski definition) is 4. The van der Waals surface area contributed by atoms with Crippen LogP contribution in [0, 0.1) is 0 Å². The van der Waals surface area contributed by atoms with Crippen LogP contribution in [0.25, 0.3) is 0 Å². The Bertz CT molecular complexity index is 147. The molecule has 0 bridgehead atoms. The van der Waals surface area contributed by atoms with Crippen LogP contribution in [-0.4, -0.2) is 21.7 Å². The van der Waals surface area contributed by atoms with E-state index in [-0.39, 0.29) is 0 Å².